The van der Waals surface area contributed by atoms with Crippen molar-refractivity contribution in [2.75, 3.05) is 26.2 Å². The van der Waals surface area contributed by atoms with Crippen LogP contribution in [-0.2, 0) is 9.59 Å². The number of nitrogens with zero attached hydrogens (tertiary/aromatic N) is 2. The third-order valence-corrected chi connectivity index (χ3v) is 5.93. The maximum Gasteiger partial charge on any atom is 0.230 e. The van der Waals surface area contributed by atoms with Crippen molar-refractivity contribution in [3.8, 4) is 0 Å². The van der Waals surface area contributed by atoms with E-state index in [1.165, 1.54) is 19.3 Å². The maximum absolute atomic E-state index is 13.1. The number of piperazine rings is 1. The highest BCUT2D eigenvalue weighted by molar-refractivity contribution is 5.84. The van der Waals surface area contributed by atoms with Gasteiger partial charge in [0.25, 0.3) is 0 Å². The summed E-state index contributed by atoms with van der Waals surface area (Å²) in [5.41, 5.74) is 1.11. The van der Waals surface area contributed by atoms with E-state index in [0.717, 1.165) is 31.2 Å². The van der Waals surface area contributed by atoms with E-state index in [1.807, 2.05) is 28.0 Å². The van der Waals surface area contributed by atoms with Gasteiger partial charge in [-0.3, -0.25) is 9.59 Å². The number of amides is 2. The molecule has 1 saturated heterocycles. The third-order valence-electron chi connectivity index (χ3n) is 5.93. The number of hydrogen-bond acceptors (Lipinski definition) is 2. The van der Waals surface area contributed by atoms with Crippen molar-refractivity contribution in [2.24, 2.45) is 5.92 Å². The fourth-order valence-corrected chi connectivity index (χ4v) is 4.38. The maximum atomic E-state index is 13.1. The van der Waals surface area contributed by atoms with Crippen molar-refractivity contribution in [1.29, 1.82) is 0 Å². The Bertz CT molecular complexity index is 587. The highest BCUT2D eigenvalue weighted by Gasteiger charge is 2.32. The van der Waals surface area contributed by atoms with Crippen molar-refractivity contribution in [3.63, 3.8) is 0 Å². The lowest BCUT2D eigenvalue weighted by Gasteiger charge is -2.38. The van der Waals surface area contributed by atoms with E-state index < -0.39 is 0 Å². The second-order valence-electron chi connectivity index (χ2n) is 7.74. The predicted molar refractivity (Wildman–Crippen MR) is 104 cm³/mol. The Kier molecular flexibility index (Phi) is 6.70. The average Bonchev–Trinajstić information content (AvgIpc) is 2.72. The highest BCUT2D eigenvalue weighted by Crippen LogP contribution is 2.27. The van der Waals surface area contributed by atoms with Crippen LogP contribution in [0.4, 0.5) is 0 Å². The van der Waals surface area contributed by atoms with Crippen LogP contribution in [0.1, 0.15) is 63.4 Å². The van der Waals surface area contributed by atoms with Crippen LogP contribution in [0.5, 0.6) is 0 Å². The minimum absolute atomic E-state index is 0.0539. The third kappa shape index (κ3) is 4.46. The Hall–Kier alpha value is -1.84. The van der Waals surface area contributed by atoms with E-state index in [4.69, 9.17) is 0 Å². The molecule has 1 aromatic rings. The molecule has 1 aliphatic heterocycles. The minimum atomic E-state index is -0.0539. The zero-order valence-electron chi connectivity index (χ0n) is 16.0. The summed E-state index contributed by atoms with van der Waals surface area (Å²) in [6, 6.07) is 10.1. The van der Waals surface area contributed by atoms with Crippen molar-refractivity contribution in [1.82, 2.24) is 9.80 Å². The van der Waals surface area contributed by atoms with Gasteiger partial charge in [-0.2, -0.15) is 0 Å². The van der Waals surface area contributed by atoms with Crippen LogP contribution >= 0.6 is 0 Å². The summed E-state index contributed by atoms with van der Waals surface area (Å²) >= 11 is 0. The summed E-state index contributed by atoms with van der Waals surface area (Å²) in [4.78, 5) is 29.8. The van der Waals surface area contributed by atoms with Gasteiger partial charge in [-0.05, 0) is 24.8 Å². The molecule has 142 valence electrons. The van der Waals surface area contributed by atoms with Gasteiger partial charge in [-0.25, -0.2) is 0 Å². The normalized spacial score (nSPS) is 20.0. The molecule has 3 rings (SSSR count). The van der Waals surface area contributed by atoms with Crippen molar-refractivity contribution >= 4 is 11.8 Å². The van der Waals surface area contributed by atoms with Gasteiger partial charge in [-0.1, -0.05) is 62.9 Å². The van der Waals surface area contributed by atoms with Crippen LogP contribution in [-0.4, -0.2) is 47.8 Å². The van der Waals surface area contributed by atoms with Gasteiger partial charge in [0.05, 0.1) is 5.92 Å². The van der Waals surface area contributed by atoms with Gasteiger partial charge in [0.2, 0.25) is 11.8 Å². The first kappa shape index (κ1) is 18.9. The minimum Gasteiger partial charge on any atom is -0.339 e. The fourth-order valence-electron chi connectivity index (χ4n) is 4.38. The summed E-state index contributed by atoms with van der Waals surface area (Å²) in [7, 11) is 0. The van der Waals surface area contributed by atoms with Crippen LogP contribution in [0, 0.1) is 5.92 Å². The number of rotatable bonds is 5. The Balaban J connectivity index is 1.57. The van der Waals surface area contributed by atoms with Crippen molar-refractivity contribution < 1.29 is 9.59 Å². The van der Waals surface area contributed by atoms with Gasteiger partial charge in [0, 0.05) is 32.1 Å². The second-order valence-corrected chi connectivity index (χ2v) is 7.74. The lowest BCUT2D eigenvalue weighted by atomic mass is 9.88. The molecule has 0 bridgehead atoms. The molecule has 2 fully saturated rings. The number of carbonyl (C=O) groups excluding carboxylic acids is 2. The Morgan fingerprint density at radius 2 is 1.58 bits per heavy atom. The molecule has 0 N–H and O–H groups in total. The first-order valence-corrected chi connectivity index (χ1v) is 10.3. The zero-order chi connectivity index (χ0) is 18.4. The van der Waals surface area contributed by atoms with E-state index in [1.54, 1.807) is 0 Å². The van der Waals surface area contributed by atoms with Crippen molar-refractivity contribution in [3.05, 3.63) is 35.9 Å². The van der Waals surface area contributed by atoms with E-state index in [-0.39, 0.29) is 17.7 Å². The van der Waals surface area contributed by atoms with Gasteiger partial charge in [0.15, 0.2) is 0 Å². The van der Waals surface area contributed by atoms with Crippen LogP contribution < -0.4 is 0 Å². The molecule has 4 heteroatoms. The number of carbonyl (C=O) groups is 2. The second kappa shape index (κ2) is 9.20. The van der Waals surface area contributed by atoms with Gasteiger partial charge >= 0.3 is 0 Å². The molecule has 4 nitrogen and oxygen atoms in total. The first-order valence-electron chi connectivity index (χ1n) is 10.3. The molecule has 26 heavy (non-hydrogen) atoms. The van der Waals surface area contributed by atoms with Crippen LogP contribution in [0.15, 0.2) is 30.3 Å². The molecule has 1 atom stereocenters. The summed E-state index contributed by atoms with van der Waals surface area (Å²) in [5.74, 6) is 0.720. The van der Waals surface area contributed by atoms with Crippen LogP contribution in [0.2, 0.25) is 0 Å². The average molecular weight is 357 g/mol. The monoisotopic (exact) mass is 356 g/mol. The topological polar surface area (TPSA) is 40.6 Å². The van der Waals surface area contributed by atoms with Gasteiger partial charge in [0.1, 0.15) is 0 Å². The molecule has 0 radical (unpaired) electrons. The van der Waals surface area contributed by atoms with E-state index in [9.17, 15) is 9.59 Å². The molecule has 1 unspecified atom stereocenters. The lowest BCUT2D eigenvalue weighted by Crippen LogP contribution is -2.53. The summed E-state index contributed by atoms with van der Waals surface area (Å²) in [6.07, 6.45) is 7.60. The molecule has 2 amide bonds. The predicted octanol–water partition coefficient (Wildman–Crippen LogP) is 3.82. The highest BCUT2D eigenvalue weighted by atomic mass is 16.2. The fraction of sp³-hybridized carbons (Fsp3) is 0.636. The van der Waals surface area contributed by atoms with Crippen LogP contribution in [0.3, 0.4) is 0 Å². The molecular formula is C22H32N2O2. The molecule has 1 heterocycles. The van der Waals surface area contributed by atoms with E-state index in [0.29, 0.717) is 32.1 Å². The molecule has 2 aliphatic rings. The van der Waals surface area contributed by atoms with Gasteiger partial charge < -0.3 is 9.80 Å². The standard InChI is InChI=1S/C22H32N2O2/c1-2-9-20(18-10-5-3-6-11-18)22(26)24-16-14-23(15-17-24)21(25)19-12-7-4-8-13-19/h3,5-6,10-11,19-20H,2,4,7-9,12-17H2,1H3. The molecule has 1 saturated carbocycles. The molecule has 0 spiro atoms. The molecular weight excluding hydrogens is 324 g/mol. The molecule has 0 aromatic heterocycles. The molecule has 1 aliphatic carbocycles. The van der Waals surface area contributed by atoms with E-state index in [2.05, 4.69) is 19.1 Å². The van der Waals surface area contributed by atoms with Crippen LogP contribution in [0.25, 0.3) is 0 Å². The SMILES string of the molecule is CCCC(C(=O)N1CCN(C(=O)C2CCCCC2)CC1)c1ccccc1. The van der Waals surface area contributed by atoms with E-state index >= 15 is 0 Å². The quantitative estimate of drug-likeness (QED) is 0.805. The largest absolute Gasteiger partial charge is 0.339 e. The summed E-state index contributed by atoms with van der Waals surface area (Å²) in [6.45, 7) is 4.85. The smallest absolute Gasteiger partial charge is 0.230 e. The zero-order valence-corrected chi connectivity index (χ0v) is 16.0. The number of benzene rings is 1. The first-order chi connectivity index (χ1) is 12.7. The lowest BCUT2D eigenvalue weighted by molar-refractivity contribution is -0.143. The Labute approximate surface area is 157 Å². The summed E-state index contributed by atoms with van der Waals surface area (Å²) < 4.78 is 0. The Morgan fingerprint density at radius 1 is 0.962 bits per heavy atom. The Morgan fingerprint density at radius 3 is 2.19 bits per heavy atom. The van der Waals surface area contributed by atoms with Gasteiger partial charge in [-0.15, -0.1) is 0 Å². The van der Waals surface area contributed by atoms with Crippen molar-refractivity contribution in [2.45, 2.75) is 57.8 Å². The number of hydrogen-bond donors (Lipinski definition) is 0. The molecule has 1 aromatic carbocycles. The summed E-state index contributed by atoms with van der Waals surface area (Å²) in [5, 5.41) is 0.